The van der Waals surface area contributed by atoms with E-state index in [-0.39, 0.29) is 0 Å². The molecule has 0 radical (unpaired) electrons. The molecule has 2 rings (SSSR count). The molecular formula is C13H13BrCl2N2O. The van der Waals surface area contributed by atoms with Crippen LogP contribution in [0, 0.1) is 0 Å². The van der Waals surface area contributed by atoms with Crippen molar-refractivity contribution in [2.45, 2.75) is 26.0 Å². The average Bonchev–Trinajstić information content (AvgIpc) is 2.75. The molecule has 0 amide bonds. The van der Waals surface area contributed by atoms with Gasteiger partial charge in [0.05, 0.1) is 16.4 Å². The lowest BCUT2D eigenvalue weighted by Gasteiger charge is -2.15. The lowest BCUT2D eigenvalue weighted by atomic mass is 10.1. The van der Waals surface area contributed by atoms with E-state index in [2.05, 4.69) is 21.0 Å². The SMILES string of the molecule is CCn1ncc(Br)c1C(O)Cc1c(Cl)cccc1Cl. The number of aryl methyl sites for hydroxylation is 1. The monoisotopic (exact) mass is 362 g/mol. The van der Waals surface area contributed by atoms with E-state index < -0.39 is 6.10 Å². The Morgan fingerprint density at radius 3 is 2.58 bits per heavy atom. The standard InChI is InChI=1S/C13H13BrCl2N2O/c1-2-18-13(9(14)7-17-18)12(19)6-8-10(15)4-3-5-11(8)16/h3-5,7,12,19H,2,6H2,1H3. The van der Waals surface area contributed by atoms with E-state index in [1.165, 1.54) is 0 Å². The molecule has 19 heavy (non-hydrogen) atoms. The molecule has 2 aromatic rings. The van der Waals surface area contributed by atoms with Crippen LogP contribution in [0.25, 0.3) is 0 Å². The highest BCUT2D eigenvalue weighted by Gasteiger charge is 2.20. The van der Waals surface area contributed by atoms with Crippen LogP contribution in [0.4, 0.5) is 0 Å². The molecule has 0 bridgehead atoms. The highest BCUT2D eigenvalue weighted by Crippen LogP contribution is 2.31. The summed E-state index contributed by atoms with van der Waals surface area (Å²) in [5.41, 5.74) is 1.48. The van der Waals surface area contributed by atoms with E-state index in [0.717, 1.165) is 15.7 Å². The van der Waals surface area contributed by atoms with Gasteiger partial charge in [0, 0.05) is 23.0 Å². The molecule has 0 fully saturated rings. The van der Waals surface area contributed by atoms with Gasteiger partial charge in [0.15, 0.2) is 0 Å². The van der Waals surface area contributed by atoms with Crippen molar-refractivity contribution in [3.05, 3.63) is 50.2 Å². The van der Waals surface area contributed by atoms with Gasteiger partial charge in [-0.3, -0.25) is 4.68 Å². The minimum atomic E-state index is -0.714. The van der Waals surface area contributed by atoms with E-state index in [0.29, 0.717) is 23.0 Å². The third-order valence-corrected chi connectivity index (χ3v) is 4.23. The van der Waals surface area contributed by atoms with Crippen LogP contribution < -0.4 is 0 Å². The fourth-order valence-corrected chi connectivity index (χ4v) is 3.08. The van der Waals surface area contributed by atoms with Crippen LogP contribution in [-0.2, 0) is 13.0 Å². The summed E-state index contributed by atoms with van der Waals surface area (Å²) in [6.07, 6.45) is 1.31. The third-order valence-electron chi connectivity index (χ3n) is 2.91. The number of nitrogens with zero attached hydrogens (tertiary/aromatic N) is 2. The molecule has 6 heteroatoms. The molecule has 3 nitrogen and oxygen atoms in total. The van der Waals surface area contributed by atoms with Gasteiger partial charge in [-0.1, -0.05) is 29.3 Å². The summed E-state index contributed by atoms with van der Waals surface area (Å²) < 4.78 is 2.53. The quantitative estimate of drug-likeness (QED) is 0.881. The van der Waals surface area contributed by atoms with Gasteiger partial charge in [-0.05, 0) is 40.5 Å². The maximum Gasteiger partial charge on any atom is 0.101 e. The largest absolute Gasteiger partial charge is 0.386 e. The molecule has 0 aliphatic carbocycles. The summed E-state index contributed by atoms with van der Waals surface area (Å²) in [7, 11) is 0. The third kappa shape index (κ3) is 3.14. The number of aliphatic hydroxyl groups is 1. The molecule has 0 aliphatic rings. The Hall–Kier alpha value is -0.550. The maximum absolute atomic E-state index is 10.4. The van der Waals surface area contributed by atoms with Crippen LogP contribution in [0.3, 0.4) is 0 Å². The summed E-state index contributed by atoms with van der Waals surface area (Å²) in [6.45, 7) is 2.66. The first-order valence-electron chi connectivity index (χ1n) is 5.86. The van der Waals surface area contributed by atoms with Crippen LogP contribution in [0.1, 0.15) is 24.3 Å². The minimum Gasteiger partial charge on any atom is -0.386 e. The predicted octanol–water partition coefficient (Wildman–Crippen LogP) is 4.25. The van der Waals surface area contributed by atoms with Crippen LogP contribution in [0.5, 0.6) is 0 Å². The topological polar surface area (TPSA) is 38.0 Å². The summed E-state index contributed by atoms with van der Waals surface area (Å²) >= 11 is 15.6. The summed E-state index contributed by atoms with van der Waals surface area (Å²) in [6, 6.07) is 5.32. The zero-order chi connectivity index (χ0) is 14.0. The van der Waals surface area contributed by atoms with Crippen LogP contribution in [0.15, 0.2) is 28.9 Å². The molecule has 1 heterocycles. The second-order valence-corrected chi connectivity index (χ2v) is 5.78. The van der Waals surface area contributed by atoms with Crippen molar-refractivity contribution in [3.8, 4) is 0 Å². The Labute approximate surface area is 130 Å². The minimum absolute atomic E-state index is 0.350. The number of halogens is 3. The summed E-state index contributed by atoms with van der Waals surface area (Å²) in [4.78, 5) is 0. The lowest BCUT2D eigenvalue weighted by molar-refractivity contribution is 0.166. The lowest BCUT2D eigenvalue weighted by Crippen LogP contribution is -2.11. The van der Waals surface area contributed by atoms with E-state index in [9.17, 15) is 5.11 Å². The molecule has 0 saturated carbocycles. The van der Waals surface area contributed by atoms with Crippen molar-refractivity contribution in [2.75, 3.05) is 0 Å². The van der Waals surface area contributed by atoms with E-state index in [1.807, 2.05) is 6.92 Å². The molecule has 1 N–H and O–H groups in total. The molecule has 0 spiro atoms. The average molecular weight is 364 g/mol. The number of benzene rings is 1. The first kappa shape index (κ1) is 14.9. The highest BCUT2D eigenvalue weighted by molar-refractivity contribution is 9.10. The Morgan fingerprint density at radius 2 is 2.00 bits per heavy atom. The first-order chi connectivity index (χ1) is 9.04. The van der Waals surface area contributed by atoms with E-state index in [4.69, 9.17) is 23.2 Å². The van der Waals surface area contributed by atoms with Gasteiger partial charge in [-0.15, -0.1) is 0 Å². The molecule has 1 aromatic carbocycles. The number of hydrogen-bond acceptors (Lipinski definition) is 2. The maximum atomic E-state index is 10.4. The van der Waals surface area contributed by atoms with Gasteiger partial charge in [0.1, 0.15) is 6.10 Å². The van der Waals surface area contributed by atoms with E-state index in [1.54, 1.807) is 29.1 Å². The zero-order valence-electron chi connectivity index (χ0n) is 10.3. The predicted molar refractivity (Wildman–Crippen MR) is 80.7 cm³/mol. The molecule has 0 saturated heterocycles. The Morgan fingerprint density at radius 1 is 1.37 bits per heavy atom. The smallest absolute Gasteiger partial charge is 0.101 e. The summed E-state index contributed by atoms with van der Waals surface area (Å²) in [5.74, 6) is 0. The van der Waals surface area contributed by atoms with Gasteiger partial charge in [-0.25, -0.2) is 0 Å². The van der Waals surface area contributed by atoms with Crippen molar-refractivity contribution < 1.29 is 5.11 Å². The second-order valence-electron chi connectivity index (χ2n) is 4.11. The summed E-state index contributed by atoms with van der Waals surface area (Å²) in [5, 5.41) is 15.7. The van der Waals surface area contributed by atoms with Crippen molar-refractivity contribution in [1.29, 1.82) is 0 Å². The molecule has 102 valence electrons. The van der Waals surface area contributed by atoms with Gasteiger partial charge in [-0.2, -0.15) is 5.10 Å². The molecule has 1 aromatic heterocycles. The van der Waals surface area contributed by atoms with Crippen molar-refractivity contribution in [1.82, 2.24) is 9.78 Å². The van der Waals surface area contributed by atoms with Gasteiger partial charge in [0.25, 0.3) is 0 Å². The normalized spacial score (nSPS) is 12.7. The first-order valence-corrected chi connectivity index (χ1v) is 7.41. The zero-order valence-corrected chi connectivity index (χ0v) is 13.4. The second kappa shape index (κ2) is 6.27. The van der Waals surface area contributed by atoms with Gasteiger partial charge >= 0.3 is 0 Å². The van der Waals surface area contributed by atoms with Crippen LogP contribution in [-0.4, -0.2) is 14.9 Å². The molecule has 0 aliphatic heterocycles. The van der Waals surface area contributed by atoms with Gasteiger partial charge in [0.2, 0.25) is 0 Å². The Bertz CT molecular complexity index is 566. The highest BCUT2D eigenvalue weighted by atomic mass is 79.9. The number of hydrogen-bond donors (Lipinski definition) is 1. The molecular weight excluding hydrogens is 351 g/mol. The Balaban J connectivity index is 2.31. The number of rotatable bonds is 4. The molecule has 1 atom stereocenters. The van der Waals surface area contributed by atoms with Crippen molar-refractivity contribution >= 4 is 39.1 Å². The van der Waals surface area contributed by atoms with E-state index >= 15 is 0 Å². The van der Waals surface area contributed by atoms with Crippen molar-refractivity contribution in [3.63, 3.8) is 0 Å². The molecule has 1 unspecified atom stereocenters. The van der Waals surface area contributed by atoms with Crippen LogP contribution in [0.2, 0.25) is 10.0 Å². The Kier molecular flexibility index (Phi) is 4.90. The van der Waals surface area contributed by atoms with Crippen LogP contribution >= 0.6 is 39.1 Å². The number of aliphatic hydroxyl groups excluding tert-OH is 1. The fourth-order valence-electron chi connectivity index (χ4n) is 1.97. The fraction of sp³-hybridized carbons (Fsp3) is 0.308. The van der Waals surface area contributed by atoms with Gasteiger partial charge < -0.3 is 5.11 Å². The number of aromatic nitrogens is 2. The van der Waals surface area contributed by atoms with Crippen molar-refractivity contribution in [2.24, 2.45) is 0 Å².